The summed E-state index contributed by atoms with van der Waals surface area (Å²) in [6, 6.07) is 19.4. The van der Waals surface area contributed by atoms with E-state index in [1.165, 1.54) is 11.3 Å². The molecule has 2 aromatic carbocycles. The van der Waals surface area contributed by atoms with Crippen LogP contribution in [-0.2, 0) is 11.3 Å². The third-order valence-electron chi connectivity index (χ3n) is 4.66. The van der Waals surface area contributed by atoms with E-state index in [4.69, 9.17) is 10.7 Å². The predicted octanol–water partition coefficient (Wildman–Crippen LogP) is 3.98. The van der Waals surface area contributed by atoms with Gasteiger partial charge in [-0.05, 0) is 12.5 Å². The summed E-state index contributed by atoms with van der Waals surface area (Å²) < 4.78 is 1.57. The molecule has 28 heavy (non-hydrogen) atoms. The number of aryl methyl sites for hydroxylation is 1. The van der Waals surface area contributed by atoms with Gasteiger partial charge in [-0.2, -0.15) is 0 Å². The van der Waals surface area contributed by atoms with E-state index < -0.39 is 5.91 Å². The lowest BCUT2D eigenvalue weighted by Crippen LogP contribution is -2.26. The molecule has 0 atom stereocenters. The number of rotatable bonds is 5. The molecule has 2 heterocycles. The van der Waals surface area contributed by atoms with Crippen molar-refractivity contribution in [2.24, 2.45) is 5.73 Å². The van der Waals surface area contributed by atoms with Gasteiger partial charge in [-0.3, -0.25) is 14.2 Å². The Kier molecular flexibility index (Phi) is 4.79. The zero-order valence-corrected chi connectivity index (χ0v) is 16.2. The van der Waals surface area contributed by atoms with Gasteiger partial charge in [-0.1, -0.05) is 60.7 Å². The average Bonchev–Trinajstić information content (AvgIpc) is 3.04. The van der Waals surface area contributed by atoms with Crippen molar-refractivity contribution in [2.75, 3.05) is 0 Å². The summed E-state index contributed by atoms with van der Waals surface area (Å²) >= 11 is 1.51. The van der Waals surface area contributed by atoms with Crippen LogP contribution in [0.25, 0.3) is 32.7 Å². The van der Waals surface area contributed by atoms with Crippen LogP contribution in [0, 0.1) is 6.92 Å². The van der Waals surface area contributed by atoms with Crippen molar-refractivity contribution in [1.29, 1.82) is 0 Å². The number of fused-ring (bicyclic) bond motifs is 1. The summed E-state index contributed by atoms with van der Waals surface area (Å²) in [5.41, 5.74) is 7.92. The maximum absolute atomic E-state index is 13.5. The molecule has 0 saturated heterocycles. The number of hydrogen-bond acceptors (Lipinski definition) is 4. The van der Waals surface area contributed by atoms with Gasteiger partial charge < -0.3 is 5.73 Å². The number of nitrogens with two attached hydrogens (primary N) is 1. The van der Waals surface area contributed by atoms with Gasteiger partial charge in [-0.15, -0.1) is 11.3 Å². The van der Waals surface area contributed by atoms with Gasteiger partial charge in [0, 0.05) is 29.0 Å². The quantitative estimate of drug-likeness (QED) is 0.561. The highest BCUT2D eigenvalue weighted by molar-refractivity contribution is 7.19. The number of hydrogen-bond donors (Lipinski definition) is 1. The molecule has 2 aromatic heterocycles. The van der Waals surface area contributed by atoms with Crippen LogP contribution in [0.3, 0.4) is 0 Å². The van der Waals surface area contributed by atoms with Crippen molar-refractivity contribution in [3.63, 3.8) is 0 Å². The molecule has 0 aliphatic rings. The minimum absolute atomic E-state index is 0.0801. The third-order valence-corrected chi connectivity index (χ3v) is 5.66. The van der Waals surface area contributed by atoms with Gasteiger partial charge >= 0.3 is 0 Å². The number of primary amides is 1. The van der Waals surface area contributed by atoms with Crippen molar-refractivity contribution in [3.8, 4) is 22.5 Å². The molecule has 0 fully saturated rings. The Balaban J connectivity index is 2.02. The Bertz CT molecular complexity index is 1210. The average molecular weight is 389 g/mol. The van der Waals surface area contributed by atoms with Gasteiger partial charge in [0.1, 0.15) is 10.7 Å². The fourth-order valence-corrected chi connectivity index (χ4v) is 4.42. The Morgan fingerprint density at radius 1 is 1.04 bits per heavy atom. The molecule has 6 heteroatoms. The van der Waals surface area contributed by atoms with Crippen molar-refractivity contribution >= 4 is 27.5 Å². The van der Waals surface area contributed by atoms with E-state index >= 15 is 0 Å². The summed E-state index contributed by atoms with van der Waals surface area (Å²) in [6.07, 6.45) is 0.0801. The van der Waals surface area contributed by atoms with Gasteiger partial charge in [0.2, 0.25) is 5.91 Å². The van der Waals surface area contributed by atoms with Crippen LogP contribution in [0.1, 0.15) is 11.3 Å². The highest BCUT2D eigenvalue weighted by Crippen LogP contribution is 2.36. The molecule has 5 nitrogen and oxygen atoms in total. The van der Waals surface area contributed by atoms with E-state index in [1.54, 1.807) is 4.57 Å². The molecule has 4 aromatic rings. The first-order valence-electron chi connectivity index (χ1n) is 8.99. The molecule has 0 unspecified atom stereocenters. The van der Waals surface area contributed by atoms with Gasteiger partial charge in [0.05, 0.1) is 5.39 Å². The Hall–Kier alpha value is -3.25. The smallest absolute Gasteiger partial charge is 0.263 e. The summed E-state index contributed by atoms with van der Waals surface area (Å²) in [7, 11) is 0. The van der Waals surface area contributed by atoms with E-state index in [0.717, 1.165) is 21.6 Å². The summed E-state index contributed by atoms with van der Waals surface area (Å²) in [4.78, 5) is 31.5. The van der Waals surface area contributed by atoms with Crippen molar-refractivity contribution in [1.82, 2.24) is 9.55 Å². The number of thiophene rings is 1. The number of nitrogens with zero attached hydrogens (tertiary/aromatic N) is 2. The number of benzene rings is 2. The molecule has 0 radical (unpaired) electrons. The van der Waals surface area contributed by atoms with Crippen LogP contribution < -0.4 is 11.3 Å². The molecule has 0 saturated carbocycles. The van der Waals surface area contributed by atoms with Gasteiger partial charge in [0.25, 0.3) is 5.56 Å². The first-order chi connectivity index (χ1) is 13.6. The fraction of sp³-hybridized carbons (Fsp3) is 0.136. The van der Waals surface area contributed by atoms with E-state index in [2.05, 4.69) is 0 Å². The third kappa shape index (κ3) is 3.23. The lowest BCUT2D eigenvalue weighted by Gasteiger charge is -2.12. The molecule has 0 aliphatic carbocycles. The number of aromatic nitrogens is 2. The largest absolute Gasteiger partial charge is 0.370 e. The van der Waals surface area contributed by atoms with E-state index in [1.807, 2.05) is 67.6 Å². The fourth-order valence-electron chi connectivity index (χ4n) is 3.38. The topological polar surface area (TPSA) is 78.0 Å². The molecular formula is C22H19N3O2S. The Morgan fingerprint density at radius 3 is 2.25 bits per heavy atom. The van der Waals surface area contributed by atoms with E-state index in [9.17, 15) is 9.59 Å². The first-order valence-corrected chi connectivity index (χ1v) is 9.81. The first kappa shape index (κ1) is 18.1. The minimum atomic E-state index is -0.448. The van der Waals surface area contributed by atoms with Crippen LogP contribution in [0.2, 0.25) is 0 Å². The van der Waals surface area contributed by atoms with Crippen LogP contribution in [0.4, 0.5) is 0 Å². The van der Waals surface area contributed by atoms with Crippen LogP contribution >= 0.6 is 11.3 Å². The van der Waals surface area contributed by atoms with Crippen LogP contribution in [-0.4, -0.2) is 15.5 Å². The minimum Gasteiger partial charge on any atom is -0.370 e. The maximum Gasteiger partial charge on any atom is 0.263 e. The van der Waals surface area contributed by atoms with Crippen molar-refractivity contribution in [2.45, 2.75) is 19.9 Å². The van der Waals surface area contributed by atoms with E-state index in [0.29, 0.717) is 16.0 Å². The zero-order valence-electron chi connectivity index (χ0n) is 15.4. The molecular weight excluding hydrogens is 370 g/mol. The molecule has 0 spiro atoms. The van der Waals surface area contributed by atoms with Crippen molar-refractivity contribution < 1.29 is 4.79 Å². The van der Waals surface area contributed by atoms with Crippen LogP contribution in [0.5, 0.6) is 0 Å². The standard InChI is InChI=1S/C22H19N3O2S/c1-14-18(15-8-4-2-5-9-15)19-21(28-14)24-20(16-10-6-3-7-11-16)25(22(19)27)13-12-17(23)26/h2-11H,12-13H2,1H3,(H2,23,26). The highest BCUT2D eigenvalue weighted by atomic mass is 32.1. The molecule has 4 rings (SSSR count). The molecule has 140 valence electrons. The second kappa shape index (κ2) is 7.40. The second-order valence-corrected chi connectivity index (χ2v) is 7.76. The molecule has 0 bridgehead atoms. The monoisotopic (exact) mass is 389 g/mol. The molecule has 0 aliphatic heterocycles. The van der Waals surface area contributed by atoms with Crippen LogP contribution in [0.15, 0.2) is 65.5 Å². The number of carbonyl (C=O) groups excluding carboxylic acids is 1. The SMILES string of the molecule is Cc1sc2nc(-c3ccccc3)n(CCC(N)=O)c(=O)c2c1-c1ccccc1. The maximum atomic E-state index is 13.5. The lowest BCUT2D eigenvalue weighted by atomic mass is 10.0. The van der Waals surface area contributed by atoms with Gasteiger partial charge in [-0.25, -0.2) is 4.98 Å². The second-order valence-electron chi connectivity index (χ2n) is 6.55. The normalized spacial score (nSPS) is 11.0. The van der Waals surface area contributed by atoms with Crippen molar-refractivity contribution in [3.05, 3.63) is 75.9 Å². The highest BCUT2D eigenvalue weighted by Gasteiger charge is 2.20. The number of amides is 1. The Labute approximate surface area is 166 Å². The molecule has 1 amide bonds. The molecule has 2 N–H and O–H groups in total. The van der Waals surface area contributed by atoms with Gasteiger partial charge in [0.15, 0.2) is 0 Å². The Morgan fingerprint density at radius 2 is 1.64 bits per heavy atom. The summed E-state index contributed by atoms with van der Waals surface area (Å²) in [5, 5.41) is 0.595. The zero-order chi connectivity index (χ0) is 19.7. The number of carbonyl (C=O) groups is 1. The lowest BCUT2D eigenvalue weighted by molar-refractivity contribution is -0.118. The summed E-state index contributed by atoms with van der Waals surface area (Å²) in [6.45, 7) is 2.20. The summed E-state index contributed by atoms with van der Waals surface area (Å²) in [5.74, 6) is 0.107. The predicted molar refractivity (Wildman–Crippen MR) is 113 cm³/mol. The van der Waals surface area contributed by atoms with E-state index in [-0.39, 0.29) is 18.5 Å².